The topological polar surface area (TPSA) is 45.0 Å². The third kappa shape index (κ3) is 4.58. The number of carbonyl (C=O) groups excluding carboxylic acids is 1. The Balaban J connectivity index is 1.62. The van der Waals surface area contributed by atoms with Crippen molar-refractivity contribution in [2.75, 3.05) is 4.90 Å². The number of halogens is 1. The van der Waals surface area contributed by atoms with E-state index >= 15 is 0 Å². The third-order valence-corrected chi connectivity index (χ3v) is 5.93. The zero-order valence-corrected chi connectivity index (χ0v) is 17.1. The van der Waals surface area contributed by atoms with Crippen LogP contribution in [0.2, 0.25) is 5.02 Å². The van der Waals surface area contributed by atoms with Crippen molar-refractivity contribution in [1.29, 1.82) is 0 Å². The highest BCUT2D eigenvalue weighted by Gasteiger charge is 2.39. The van der Waals surface area contributed by atoms with Gasteiger partial charge in [-0.15, -0.1) is 5.10 Å². The maximum absolute atomic E-state index is 13.2. The van der Waals surface area contributed by atoms with Gasteiger partial charge in [-0.2, -0.15) is 5.10 Å². The van der Waals surface area contributed by atoms with Gasteiger partial charge in [0.1, 0.15) is 0 Å². The minimum atomic E-state index is -0.244. The molecule has 6 heteroatoms. The summed E-state index contributed by atoms with van der Waals surface area (Å²) in [4.78, 5) is 14.8. The van der Waals surface area contributed by atoms with Crippen molar-refractivity contribution >= 4 is 46.3 Å². The fourth-order valence-corrected chi connectivity index (χ4v) is 4.35. The summed E-state index contributed by atoms with van der Waals surface area (Å²) in [6, 6.07) is 27.0. The molecule has 1 aliphatic heterocycles. The standard InChI is InChI=1S/C23H18ClN3OS/c24-20-14-8-7-11-18(20)16-25-26-23-27(19-12-5-2-6-13-19)22(28)21(29-23)15-17-9-3-1-4-10-17/h1-14,16,21H,15H2/b25-16-,26-23-/t21-/m1/s1. The number of hydrogen-bond donors (Lipinski definition) is 0. The van der Waals surface area contributed by atoms with Crippen molar-refractivity contribution in [3.8, 4) is 0 Å². The van der Waals surface area contributed by atoms with Gasteiger partial charge >= 0.3 is 0 Å². The number of rotatable bonds is 5. The molecule has 1 amide bonds. The molecule has 3 aromatic carbocycles. The second kappa shape index (κ2) is 9.07. The first-order chi connectivity index (χ1) is 14.2. The largest absolute Gasteiger partial charge is 0.273 e. The molecule has 0 aromatic heterocycles. The zero-order valence-electron chi connectivity index (χ0n) is 15.5. The molecule has 3 aromatic rings. The highest BCUT2D eigenvalue weighted by molar-refractivity contribution is 8.16. The van der Waals surface area contributed by atoms with Gasteiger partial charge < -0.3 is 0 Å². The minimum Gasteiger partial charge on any atom is -0.273 e. The number of amidine groups is 1. The summed E-state index contributed by atoms with van der Waals surface area (Å²) in [6.45, 7) is 0. The molecule has 1 heterocycles. The third-order valence-electron chi connectivity index (χ3n) is 4.46. The van der Waals surface area contributed by atoms with Gasteiger partial charge in [0.2, 0.25) is 5.91 Å². The van der Waals surface area contributed by atoms with Crippen LogP contribution in [0.25, 0.3) is 0 Å². The zero-order chi connectivity index (χ0) is 20.1. The second-order valence-corrected chi connectivity index (χ2v) is 8.03. The molecule has 0 bridgehead atoms. The first-order valence-electron chi connectivity index (χ1n) is 9.17. The maximum Gasteiger partial charge on any atom is 0.247 e. The summed E-state index contributed by atoms with van der Waals surface area (Å²) < 4.78 is 0. The number of carbonyl (C=O) groups is 1. The van der Waals surface area contributed by atoms with Crippen LogP contribution in [0.3, 0.4) is 0 Å². The van der Waals surface area contributed by atoms with Gasteiger partial charge in [0.05, 0.1) is 17.2 Å². The highest BCUT2D eigenvalue weighted by Crippen LogP contribution is 2.33. The van der Waals surface area contributed by atoms with Gasteiger partial charge in [0.25, 0.3) is 0 Å². The molecule has 0 spiro atoms. The van der Waals surface area contributed by atoms with Crippen LogP contribution in [0.4, 0.5) is 5.69 Å². The van der Waals surface area contributed by atoms with Crippen molar-refractivity contribution in [2.24, 2.45) is 10.2 Å². The van der Waals surface area contributed by atoms with E-state index < -0.39 is 0 Å². The SMILES string of the molecule is O=C1[C@@H](Cc2ccccc2)S/C(=N\N=C/c2ccccc2Cl)N1c1ccccc1. The van der Waals surface area contributed by atoms with Gasteiger partial charge in [-0.25, -0.2) is 0 Å². The Morgan fingerprint density at radius 1 is 0.931 bits per heavy atom. The number of thioether (sulfide) groups is 1. The summed E-state index contributed by atoms with van der Waals surface area (Å²) in [5.74, 6) is 0.0109. The van der Waals surface area contributed by atoms with Crippen LogP contribution in [-0.2, 0) is 11.2 Å². The average Bonchev–Trinajstić information content (AvgIpc) is 3.06. The van der Waals surface area contributed by atoms with E-state index in [1.807, 2.05) is 78.9 Å². The van der Waals surface area contributed by atoms with Crippen LogP contribution in [-0.4, -0.2) is 22.5 Å². The highest BCUT2D eigenvalue weighted by atomic mass is 35.5. The lowest BCUT2D eigenvalue weighted by Gasteiger charge is -2.15. The molecule has 0 saturated carbocycles. The Labute approximate surface area is 178 Å². The van der Waals surface area contributed by atoms with E-state index in [0.29, 0.717) is 16.6 Å². The summed E-state index contributed by atoms with van der Waals surface area (Å²) in [7, 11) is 0. The fraction of sp³-hybridized carbons (Fsp3) is 0.0870. The monoisotopic (exact) mass is 419 g/mol. The van der Waals surface area contributed by atoms with Crippen LogP contribution in [0, 0.1) is 0 Å². The molecule has 1 fully saturated rings. The van der Waals surface area contributed by atoms with Crippen LogP contribution in [0.1, 0.15) is 11.1 Å². The summed E-state index contributed by atoms with van der Waals surface area (Å²) in [5.41, 5.74) is 2.68. The summed E-state index contributed by atoms with van der Waals surface area (Å²) in [5, 5.41) is 9.48. The minimum absolute atomic E-state index is 0.0109. The van der Waals surface area contributed by atoms with Gasteiger partial charge in [-0.3, -0.25) is 9.69 Å². The number of nitrogens with zero attached hydrogens (tertiary/aromatic N) is 3. The first kappa shape index (κ1) is 19.4. The van der Waals surface area contributed by atoms with E-state index in [0.717, 1.165) is 16.8 Å². The lowest BCUT2D eigenvalue weighted by atomic mass is 10.1. The number of anilines is 1. The molecule has 0 radical (unpaired) electrons. The molecule has 0 aliphatic carbocycles. The van der Waals surface area contributed by atoms with E-state index in [2.05, 4.69) is 10.2 Å². The lowest BCUT2D eigenvalue weighted by molar-refractivity contribution is -0.116. The summed E-state index contributed by atoms with van der Waals surface area (Å²) in [6.07, 6.45) is 2.25. The molecule has 0 unspecified atom stereocenters. The van der Waals surface area contributed by atoms with Crippen LogP contribution in [0.5, 0.6) is 0 Å². The Morgan fingerprint density at radius 2 is 1.59 bits per heavy atom. The fourth-order valence-electron chi connectivity index (χ4n) is 3.03. The van der Waals surface area contributed by atoms with Crippen molar-refractivity contribution < 1.29 is 4.79 Å². The Bertz CT molecular complexity index is 1050. The molecule has 1 aliphatic rings. The predicted octanol–water partition coefficient (Wildman–Crippen LogP) is 5.42. The molecule has 1 saturated heterocycles. The smallest absolute Gasteiger partial charge is 0.247 e. The van der Waals surface area contributed by atoms with E-state index in [4.69, 9.17) is 11.6 Å². The molecular formula is C23H18ClN3OS. The van der Waals surface area contributed by atoms with Crippen LogP contribution < -0.4 is 4.90 Å². The number of benzene rings is 3. The molecule has 144 valence electrons. The second-order valence-electron chi connectivity index (χ2n) is 6.45. The van der Waals surface area contributed by atoms with Crippen LogP contribution >= 0.6 is 23.4 Å². The number of amides is 1. The normalized spacial score (nSPS) is 18.1. The first-order valence-corrected chi connectivity index (χ1v) is 10.4. The molecule has 4 nitrogen and oxygen atoms in total. The Hall–Kier alpha value is -2.89. The number of hydrogen-bond acceptors (Lipinski definition) is 4. The molecule has 1 atom stereocenters. The lowest BCUT2D eigenvalue weighted by Crippen LogP contribution is -2.32. The molecule has 4 rings (SSSR count). The van der Waals surface area contributed by atoms with Gasteiger partial charge in [-0.05, 0) is 30.2 Å². The van der Waals surface area contributed by atoms with E-state index in [1.165, 1.54) is 11.8 Å². The van der Waals surface area contributed by atoms with Crippen molar-refractivity contribution in [1.82, 2.24) is 0 Å². The number of para-hydroxylation sites is 1. The van der Waals surface area contributed by atoms with E-state index in [1.54, 1.807) is 17.2 Å². The maximum atomic E-state index is 13.2. The van der Waals surface area contributed by atoms with Crippen molar-refractivity contribution in [3.63, 3.8) is 0 Å². The predicted molar refractivity (Wildman–Crippen MR) is 122 cm³/mol. The van der Waals surface area contributed by atoms with Gasteiger partial charge in [0.15, 0.2) is 5.17 Å². The van der Waals surface area contributed by atoms with Gasteiger partial charge in [-0.1, -0.05) is 90.1 Å². The molecular weight excluding hydrogens is 402 g/mol. The molecule has 29 heavy (non-hydrogen) atoms. The van der Waals surface area contributed by atoms with E-state index in [-0.39, 0.29) is 11.2 Å². The summed E-state index contributed by atoms with van der Waals surface area (Å²) >= 11 is 7.61. The van der Waals surface area contributed by atoms with E-state index in [9.17, 15) is 4.79 Å². The Morgan fingerprint density at radius 3 is 2.31 bits per heavy atom. The van der Waals surface area contributed by atoms with Crippen molar-refractivity contribution in [3.05, 3.63) is 101 Å². The van der Waals surface area contributed by atoms with Crippen molar-refractivity contribution in [2.45, 2.75) is 11.7 Å². The van der Waals surface area contributed by atoms with Gasteiger partial charge in [0, 0.05) is 10.6 Å². The average molecular weight is 420 g/mol. The van der Waals surface area contributed by atoms with Crippen LogP contribution in [0.15, 0.2) is 95.1 Å². The Kier molecular flexibility index (Phi) is 6.08. The molecule has 0 N–H and O–H groups in total. The quantitative estimate of drug-likeness (QED) is 0.409.